The van der Waals surface area contributed by atoms with Gasteiger partial charge in [-0.2, -0.15) is 0 Å². The molecule has 0 spiro atoms. The molecule has 2 saturated carbocycles. The molecule has 0 heterocycles. The smallest absolute Gasteiger partial charge is 0.0246 e. The molecule has 0 saturated heterocycles. The highest BCUT2D eigenvalue weighted by molar-refractivity contribution is 4.86. The minimum atomic E-state index is 0.733. The first-order valence-corrected chi connectivity index (χ1v) is 8.75. The van der Waals surface area contributed by atoms with Crippen molar-refractivity contribution in [1.82, 2.24) is 10.2 Å². The van der Waals surface area contributed by atoms with E-state index in [0.29, 0.717) is 0 Å². The van der Waals surface area contributed by atoms with Crippen LogP contribution >= 0.6 is 0 Å². The molecule has 112 valence electrons. The van der Waals surface area contributed by atoms with Crippen LogP contribution in [-0.2, 0) is 0 Å². The molecule has 0 bridgehead atoms. The zero-order valence-electron chi connectivity index (χ0n) is 13.2. The van der Waals surface area contributed by atoms with Crippen LogP contribution in [-0.4, -0.2) is 37.1 Å². The molecular weight excluding hydrogens is 232 g/mol. The third-order valence-electron chi connectivity index (χ3n) is 5.28. The Kier molecular flexibility index (Phi) is 6.66. The number of hydrogen-bond acceptors (Lipinski definition) is 2. The van der Waals surface area contributed by atoms with Gasteiger partial charge < -0.3 is 10.2 Å². The van der Waals surface area contributed by atoms with E-state index in [0.717, 1.165) is 24.5 Å². The van der Waals surface area contributed by atoms with Gasteiger partial charge in [0.15, 0.2) is 0 Å². The van der Waals surface area contributed by atoms with Gasteiger partial charge in [0, 0.05) is 18.6 Å². The Balaban J connectivity index is 1.89. The fourth-order valence-corrected chi connectivity index (χ4v) is 4.23. The second kappa shape index (κ2) is 8.26. The molecule has 2 aliphatic rings. The van der Waals surface area contributed by atoms with E-state index in [1.54, 1.807) is 0 Å². The number of hydrogen-bond donors (Lipinski definition) is 1. The lowest BCUT2D eigenvalue weighted by Gasteiger charge is -2.38. The highest BCUT2D eigenvalue weighted by atomic mass is 15.2. The first kappa shape index (κ1) is 15.3. The van der Waals surface area contributed by atoms with Gasteiger partial charge in [-0.1, -0.05) is 45.4 Å². The maximum atomic E-state index is 3.77. The zero-order chi connectivity index (χ0) is 13.5. The predicted octanol–water partition coefficient (Wildman–Crippen LogP) is 3.81. The molecule has 0 aliphatic heterocycles. The standard InChI is InChI=1S/C17H34N2/c1-3-18-16-12-6-4-5-7-13-17(16)19(2)14-15-10-8-9-11-15/h15-18H,3-14H2,1-2H3. The van der Waals surface area contributed by atoms with E-state index in [1.165, 1.54) is 70.8 Å². The maximum absolute atomic E-state index is 3.77. The molecule has 0 amide bonds. The van der Waals surface area contributed by atoms with E-state index in [4.69, 9.17) is 0 Å². The van der Waals surface area contributed by atoms with E-state index in [9.17, 15) is 0 Å². The van der Waals surface area contributed by atoms with Crippen molar-refractivity contribution in [2.75, 3.05) is 20.1 Å². The topological polar surface area (TPSA) is 15.3 Å². The van der Waals surface area contributed by atoms with Crippen molar-refractivity contribution in [3.63, 3.8) is 0 Å². The summed E-state index contributed by atoms with van der Waals surface area (Å²) in [5.74, 6) is 0.984. The summed E-state index contributed by atoms with van der Waals surface area (Å²) in [7, 11) is 2.38. The third kappa shape index (κ3) is 4.75. The summed E-state index contributed by atoms with van der Waals surface area (Å²) in [5.41, 5.74) is 0. The highest BCUT2D eigenvalue weighted by Gasteiger charge is 2.27. The largest absolute Gasteiger partial charge is 0.313 e. The first-order valence-electron chi connectivity index (χ1n) is 8.75. The number of nitrogens with zero attached hydrogens (tertiary/aromatic N) is 1. The predicted molar refractivity (Wildman–Crippen MR) is 83.5 cm³/mol. The number of likely N-dealkylation sites (N-methyl/N-ethyl adjacent to an activating group) is 2. The van der Waals surface area contributed by atoms with E-state index < -0.39 is 0 Å². The van der Waals surface area contributed by atoms with Gasteiger partial charge in [0.05, 0.1) is 0 Å². The van der Waals surface area contributed by atoms with E-state index in [1.807, 2.05) is 0 Å². The SMILES string of the molecule is CCNC1CCCCCCC1N(C)CC1CCCC1. The van der Waals surface area contributed by atoms with Crippen LogP contribution < -0.4 is 5.32 Å². The molecule has 0 aromatic carbocycles. The van der Waals surface area contributed by atoms with Crippen LogP contribution in [0.2, 0.25) is 0 Å². The molecule has 2 heteroatoms. The summed E-state index contributed by atoms with van der Waals surface area (Å²) in [4.78, 5) is 2.70. The second-order valence-corrected chi connectivity index (χ2v) is 6.81. The Morgan fingerprint density at radius 3 is 2.21 bits per heavy atom. The van der Waals surface area contributed by atoms with E-state index in [-0.39, 0.29) is 0 Å². The van der Waals surface area contributed by atoms with Gasteiger partial charge in [0.2, 0.25) is 0 Å². The van der Waals surface area contributed by atoms with Crippen LogP contribution in [0.25, 0.3) is 0 Å². The Bertz CT molecular complexity index is 235. The van der Waals surface area contributed by atoms with Crippen LogP contribution in [0.15, 0.2) is 0 Å². The van der Waals surface area contributed by atoms with Crippen LogP contribution in [0.5, 0.6) is 0 Å². The van der Waals surface area contributed by atoms with E-state index in [2.05, 4.69) is 24.2 Å². The molecule has 2 atom stereocenters. The van der Waals surface area contributed by atoms with Gasteiger partial charge in [-0.3, -0.25) is 0 Å². The molecule has 0 aromatic rings. The van der Waals surface area contributed by atoms with Crippen molar-refractivity contribution in [1.29, 1.82) is 0 Å². The molecule has 2 nitrogen and oxygen atoms in total. The van der Waals surface area contributed by atoms with Crippen LogP contribution in [0.4, 0.5) is 0 Å². The van der Waals surface area contributed by atoms with E-state index >= 15 is 0 Å². The Morgan fingerprint density at radius 2 is 1.53 bits per heavy atom. The summed E-state index contributed by atoms with van der Waals surface area (Å²) in [6, 6.07) is 1.51. The zero-order valence-corrected chi connectivity index (χ0v) is 13.2. The number of nitrogens with one attached hydrogen (secondary N) is 1. The van der Waals surface area contributed by atoms with Crippen LogP contribution in [0.1, 0.15) is 71.1 Å². The van der Waals surface area contributed by atoms with Gasteiger partial charge in [-0.05, 0) is 45.2 Å². The summed E-state index contributed by atoms with van der Waals surface area (Å²) >= 11 is 0. The fourth-order valence-electron chi connectivity index (χ4n) is 4.23. The first-order chi connectivity index (χ1) is 9.31. The molecule has 2 rings (SSSR count). The molecule has 0 aromatic heterocycles. The van der Waals surface area contributed by atoms with Gasteiger partial charge in [-0.25, -0.2) is 0 Å². The summed E-state index contributed by atoms with van der Waals surface area (Å²) < 4.78 is 0. The minimum Gasteiger partial charge on any atom is -0.313 e. The second-order valence-electron chi connectivity index (χ2n) is 6.81. The van der Waals surface area contributed by atoms with Crippen molar-refractivity contribution < 1.29 is 0 Å². The lowest BCUT2D eigenvalue weighted by molar-refractivity contribution is 0.144. The normalized spacial score (nSPS) is 30.5. The highest BCUT2D eigenvalue weighted by Crippen LogP contribution is 2.28. The minimum absolute atomic E-state index is 0.733. The van der Waals surface area contributed by atoms with Crippen molar-refractivity contribution in [2.24, 2.45) is 5.92 Å². The quantitative estimate of drug-likeness (QED) is 0.814. The maximum Gasteiger partial charge on any atom is 0.0246 e. The van der Waals surface area contributed by atoms with Crippen LogP contribution in [0.3, 0.4) is 0 Å². The molecule has 2 unspecified atom stereocenters. The van der Waals surface area contributed by atoms with Crippen molar-refractivity contribution in [3.05, 3.63) is 0 Å². The summed E-state index contributed by atoms with van der Waals surface area (Å²) in [5, 5.41) is 3.77. The van der Waals surface area contributed by atoms with Crippen LogP contribution in [0, 0.1) is 5.92 Å². The monoisotopic (exact) mass is 266 g/mol. The van der Waals surface area contributed by atoms with Gasteiger partial charge >= 0.3 is 0 Å². The van der Waals surface area contributed by atoms with Crippen molar-refractivity contribution in [3.8, 4) is 0 Å². The third-order valence-corrected chi connectivity index (χ3v) is 5.28. The summed E-state index contributed by atoms with van der Waals surface area (Å²) in [6.07, 6.45) is 14.4. The lowest BCUT2D eigenvalue weighted by atomic mass is 9.90. The average molecular weight is 266 g/mol. The molecule has 19 heavy (non-hydrogen) atoms. The summed E-state index contributed by atoms with van der Waals surface area (Å²) in [6.45, 7) is 4.72. The molecular formula is C17H34N2. The Hall–Kier alpha value is -0.0800. The van der Waals surface area contributed by atoms with Crippen molar-refractivity contribution in [2.45, 2.75) is 83.2 Å². The molecule has 2 fully saturated rings. The molecule has 0 radical (unpaired) electrons. The average Bonchev–Trinajstić information content (AvgIpc) is 2.85. The number of rotatable bonds is 5. The van der Waals surface area contributed by atoms with Crippen molar-refractivity contribution >= 4 is 0 Å². The molecule has 1 N–H and O–H groups in total. The van der Waals surface area contributed by atoms with Gasteiger partial charge in [-0.15, -0.1) is 0 Å². The Labute approximate surface area is 120 Å². The lowest BCUT2D eigenvalue weighted by Crippen LogP contribution is -2.50. The molecule has 2 aliphatic carbocycles. The van der Waals surface area contributed by atoms with Gasteiger partial charge in [0.1, 0.15) is 0 Å². The fraction of sp³-hybridized carbons (Fsp3) is 1.00. The Morgan fingerprint density at radius 1 is 0.895 bits per heavy atom. The van der Waals surface area contributed by atoms with Gasteiger partial charge in [0.25, 0.3) is 0 Å².